The van der Waals surface area contributed by atoms with Crippen LogP contribution in [0.5, 0.6) is 0 Å². The van der Waals surface area contributed by atoms with Crippen LogP contribution in [-0.2, 0) is 9.59 Å². The molecule has 4 aliphatic rings. The number of carbonyl (C=O) groups is 2. The van der Waals surface area contributed by atoms with E-state index >= 15 is 4.39 Å². The maximum atomic E-state index is 15.7. The summed E-state index contributed by atoms with van der Waals surface area (Å²) in [6, 6.07) is 0. The van der Waals surface area contributed by atoms with Crippen LogP contribution >= 0.6 is 0 Å². The van der Waals surface area contributed by atoms with Gasteiger partial charge < -0.3 is 15.3 Å². The summed E-state index contributed by atoms with van der Waals surface area (Å²) in [5, 5.41) is 31.9. The Morgan fingerprint density at radius 3 is 2.61 bits per heavy atom. The zero-order valence-corrected chi connectivity index (χ0v) is 16.6. The molecule has 0 aromatic heterocycles. The van der Waals surface area contributed by atoms with Crippen molar-refractivity contribution in [3.8, 4) is 0 Å². The highest BCUT2D eigenvalue weighted by Crippen LogP contribution is 2.69. The van der Waals surface area contributed by atoms with E-state index in [1.807, 2.05) is 13.0 Å². The van der Waals surface area contributed by atoms with Crippen LogP contribution in [0.25, 0.3) is 0 Å². The van der Waals surface area contributed by atoms with Gasteiger partial charge in [0.1, 0.15) is 12.3 Å². The van der Waals surface area contributed by atoms with Crippen molar-refractivity contribution in [1.29, 1.82) is 0 Å². The van der Waals surface area contributed by atoms with Crippen molar-refractivity contribution in [2.75, 3.05) is 6.61 Å². The Morgan fingerprint density at radius 1 is 1.29 bits per heavy atom. The standard InChI is InChI=1S/C22H29FO5/c1-19-7-6-13(25)8-12(19)4-5-14-15-9-21(3,23)22(28,17(27)11-24)20(15,2)10-16(26)18(14)19/h6-8,14-16,18,24,26,28H,4-5,9-11H2,1-3H3/t14-,15-,16-,18+,19-,20-,21?,22-/m0/s1. The number of rotatable bonds is 2. The van der Waals surface area contributed by atoms with Gasteiger partial charge in [-0.1, -0.05) is 25.5 Å². The average Bonchev–Trinajstić information content (AvgIpc) is 2.78. The molecule has 0 amide bonds. The number of carbonyl (C=O) groups excluding carboxylic acids is 2. The summed E-state index contributed by atoms with van der Waals surface area (Å²) in [7, 11) is 0. The Bertz CT molecular complexity index is 801. The molecule has 0 aliphatic heterocycles. The van der Waals surface area contributed by atoms with Gasteiger partial charge >= 0.3 is 0 Å². The number of alkyl halides is 1. The predicted molar refractivity (Wildman–Crippen MR) is 99.9 cm³/mol. The molecule has 0 aromatic rings. The smallest absolute Gasteiger partial charge is 0.193 e. The first kappa shape index (κ1) is 19.9. The first-order chi connectivity index (χ1) is 12.9. The number of ketones is 2. The molecule has 3 N–H and O–H groups in total. The quantitative estimate of drug-likeness (QED) is 0.667. The van der Waals surface area contributed by atoms with Crippen molar-refractivity contribution in [2.24, 2.45) is 28.6 Å². The summed E-state index contributed by atoms with van der Waals surface area (Å²) >= 11 is 0. The molecule has 4 rings (SSSR count). The SMILES string of the molecule is CC1(F)C[C@H]2[C@@H]3CCC4=CC(=O)C=C[C@]4(C)[C@H]3[C@@H](O)C[C@]2(C)[C@@]1(O)C(=O)CO. The monoisotopic (exact) mass is 392 g/mol. The summed E-state index contributed by atoms with van der Waals surface area (Å²) in [4.78, 5) is 24.4. The molecular weight excluding hydrogens is 363 g/mol. The molecule has 1 unspecified atom stereocenters. The second-order valence-corrected chi connectivity index (χ2v) is 9.90. The van der Waals surface area contributed by atoms with E-state index in [1.165, 1.54) is 13.0 Å². The largest absolute Gasteiger partial charge is 0.393 e. The zero-order chi connectivity index (χ0) is 20.7. The van der Waals surface area contributed by atoms with Gasteiger partial charge in [0.15, 0.2) is 17.2 Å². The molecule has 28 heavy (non-hydrogen) atoms. The molecule has 3 fully saturated rings. The summed E-state index contributed by atoms with van der Waals surface area (Å²) in [5.74, 6) is -1.58. The fourth-order valence-electron chi connectivity index (χ4n) is 7.34. The van der Waals surface area contributed by atoms with Gasteiger partial charge in [0.25, 0.3) is 0 Å². The van der Waals surface area contributed by atoms with E-state index in [-0.39, 0.29) is 36.4 Å². The van der Waals surface area contributed by atoms with Gasteiger partial charge in [-0.25, -0.2) is 4.39 Å². The number of fused-ring (bicyclic) bond motifs is 5. The van der Waals surface area contributed by atoms with Crippen molar-refractivity contribution in [3.05, 3.63) is 23.8 Å². The fraction of sp³-hybridized carbons (Fsp3) is 0.727. The molecule has 3 saturated carbocycles. The van der Waals surface area contributed by atoms with Crippen LogP contribution in [0, 0.1) is 28.6 Å². The molecular formula is C22H29FO5. The highest BCUT2D eigenvalue weighted by Gasteiger charge is 2.75. The Balaban J connectivity index is 1.81. The predicted octanol–water partition coefficient (Wildman–Crippen LogP) is 1.90. The Hall–Kier alpha value is -1.37. The third-order valence-corrected chi connectivity index (χ3v) is 8.62. The first-order valence-corrected chi connectivity index (χ1v) is 10.1. The fourth-order valence-corrected chi connectivity index (χ4v) is 7.34. The molecule has 0 spiro atoms. The van der Waals surface area contributed by atoms with Crippen molar-refractivity contribution in [2.45, 2.75) is 63.8 Å². The minimum atomic E-state index is -2.33. The van der Waals surface area contributed by atoms with Gasteiger partial charge in [-0.15, -0.1) is 0 Å². The zero-order valence-electron chi connectivity index (χ0n) is 16.6. The summed E-state index contributed by atoms with van der Waals surface area (Å²) < 4.78 is 15.7. The number of allylic oxidation sites excluding steroid dienone is 4. The molecule has 0 heterocycles. The number of hydrogen-bond acceptors (Lipinski definition) is 5. The average molecular weight is 392 g/mol. The van der Waals surface area contributed by atoms with E-state index in [0.717, 1.165) is 5.57 Å². The van der Waals surface area contributed by atoms with E-state index < -0.39 is 40.6 Å². The highest BCUT2D eigenvalue weighted by atomic mass is 19.1. The van der Waals surface area contributed by atoms with E-state index in [4.69, 9.17) is 0 Å². The maximum absolute atomic E-state index is 15.7. The lowest BCUT2D eigenvalue weighted by atomic mass is 9.46. The number of aliphatic hydroxyl groups is 3. The molecule has 0 radical (unpaired) electrons. The topological polar surface area (TPSA) is 94.8 Å². The second-order valence-electron chi connectivity index (χ2n) is 9.90. The number of halogens is 1. The molecule has 6 heteroatoms. The number of hydrogen-bond donors (Lipinski definition) is 3. The van der Waals surface area contributed by atoms with Crippen molar-refractivity contribution in [1.82, 2.24) is 0 Å². The molecule has 0 saturated heterocycles. The van der Waals surface area contributed by atoms with Gasteiger partial charge in [0.2, 0.25) is 0 Å². The van der Waals surface area contributed by atoms with E-state index in [9.17, 15) is 24.9 Å². The van der Waals surface area contributed by atoms with Gasteiger partial charge in [-0.05, 0) is 56.6 Å². The normalized spacial score (nSPS) is 52.5. The lowest BCUT2D eigenvalue weighted by Crippen LogP contribution is -2.65. The number of Topliss-reactive ketones (excluding diaryl/α,β-unsaturated/α-hetero) is 1. The van der Waals surface area contributed by atoms with Crippen LogP contribution in [0.2, 0.25) is 0 Å². The molecule has 154 valence electrons. The second kappa shape index (κ2) is 5.83. The minimum absolute atomic E-state index is 0.0113. The van der Waals surface area contributed by atoms with Gasteiger partial charge in [0, 0.05) is 16.7 Å². The minimum Gasteiger partial charge on any atom is -0.393 e. The maximum Gasteiger partial charge on any atom is 0.193 e. The van der Waals surface area contributed by atoms with E-state index in [0.29, 0.717) is 12.8 Å². The number of aliphatic hydroxyl groups excluding tert-OH is 2. The van der Waals surface area contributed by atoms with Crippen LogP contribution in [0.4, 0.5) is 4.39 Å². The lowest BCUT2D eigenvalue weighted by molar-refractivity contribution is -0.195. The van der Waals surface area contributed by atoms with Gasteiger partial charge in [-0.2, -0.15) is 0 Å². The molecule has 4 aliphatic carbocycles. The lowest BCUT2D eigenvalue weighted by Gasteiger charge is -2.59. The van der Waals surface area contributed by atoms with Crippen molar-refractivity contribution < 1.29 is 29.3 Å². The third-order valence-electron chi connectivity index (χ3n) is 8.62. The summed E-state index contributed by atoms with van der Waals surface area (Å²) in [5.41, 5.74) is -5.18. The summed E-state index contributed by atoms with van der Waals surface area (Å²) in [6.07, 6.45) is 5.61. The molecule has 5 nitrogen and oxygen atoms in total. The van der Waals surface area contributed by atoms with E-state index in [2.05, 4.69) is 0 Å². The molecule has 8 atom stereocenters. The van der Waals surface area contributed by atoms with Crippen LogP contribution in [0.15, 0.2) is 23.8 Å². The Morgan fingerprint density at radius 2 is 1.96 bits per heavy atom. The van der Waals surface area contributed by atoms with Crippen LogP contribution in [0.1, 0.15) is 46.5 Å². The van der Waals surface area contributed by atoms with Gasteiger partial charge in [0.05, 0.1) is 6.10 Å². The molecule has 0 bridgehead atoms. The van der Waals surface area contributed by atoms with Crippen molar-refractivity contribution >= 4 is 11.6 Å². The van der Waals surface area contributed by atoms with Crippen LogP contribution in [0.3, 0.4) is 0 Å². The highest BCUT2D eigenvalue weighted by molar-refractivity contribution is 6.01. The summed E-state index contributed by atoms with van der Waals surface area (Å²) in [6.45, 7) is 4.00. The third kappa shape index (κ3) is 2.17. The first-order valence-electron chi connectivity index (χ1n) is 10.1. The Kier molecular flexibility index (Phi) is 4.15. The Labute approximate surface area is 164 Å². The molecule has 0 aromatic carbocycles. The van der Waals surface area contributed by atoms with Gasteiger partial charge in [-0.3, -0.25) is 9.59 Å². The van der Waals surface area contributed by atoms with Crippen molar-refractivity contribution in [3.63, 3.8) is 0 Å². The van der Waals surface area contributed by atoms with Crippen LogP contribution < -0.4 is 0 Å². The van der Waals surface area contributed by atoms with Crippen LogP contribution in [-0.4, -0.2) is 50.9 Å². The van der Waals surface area contributed by atoms with E-state index in [1.54, 1.807) is 13.0 Å².